The van der Waals surface area contributed by atoms with E-state index in [-0.39, 0.29) is 19.5 Å². The highest BCUT2D eigenvalue weighted by molar-refractivity contribution is 5.69. The first-order valence-corrected chi connectivity index (χ1v) is 7.96. The number of anilines is 2. The molecule has 0 saturated carbocycles. The molecule has 3 N–H and O–H groups in total. The third kappa shape index (κ3) is 5.40. The molecule has 2 rings (SSSR count). The molecule has 0 bridgehead atoms. The highest BCUT2D eigenvalue weighted by Crippen LogP contribution is 2.36. The van der Waals surface area contributed by atoms with Crippen LogP contribution in [0.25, 0.3) is 0 Å². The first-order valence-electron chi connectivity index (χ1n) is 7.96. The Bertz CT molecular complexity index is 616. The molecule has 1 aliphatic heterocycles. The maximum absolute atomic E-state index is 13.3. The van der Waals surface area contributed by atoms with Crippen LogP contribution in [0.5, 0.6) is 0 Å². The predicted octanol–water partition coefficient (Wildman–Crippen LogP) is 2.95. The standard InChI is InChI=1S/C16H23F3N4O2/c1-15(2,3)25-14(24)22-11-6-10(16(17,18)19)8-23(9-11)13-4-5-21-7-12(13)20/h4-5,7,10-11H,6,8-9,20H2,1-3H3,(H,22,24)/t10-,11+/m0/s1. The summed E-state index contributed by atoms with van der Waals surface area (Å²) in [6.45, 7) is 5.06. The second-order valence-corrected chi connectivity index (χ2v) is 7.16. The number of hydrogen-bond donors (Lipinski definition) is 2. The lowest BCUT2D eigenvalue weighted by atomic mass is 9.93. The quantitative estimate of drug-likeness (QED) is 0.848. The van der Waals surface area contributed by atoms with E-state index in [9.17, 15) is 18.0 Å². The highest BCUT2D eigenvalue weighted by Gasteiger charge is 2.45. The molecule has 1 saturated heterocycles. The molecule has 1 aliphatic rings. The molecule has 0 aromatic carbocycles. The van der Waals surface area contributed by atoms with Crippen LogP contribution < -0.4 is 16.0 Å². The Balaban J connectivity index is 2.17. The molecular formula is C16H23F3N4O2. The first kappa shape index (κ1) is 19.1. The molecule has 0 unspecified atom stereocenters. The Morgan fingerprint density at radius 2 is 2.04 bits per heavy atom. The van der Waals surface area contributed by atoms with Gasteiger partial charge in [-0.25, -0.2) is 4.79 Å². The van der Waals surface area contributed by atoms with Crippen LogP contribution in [-0.4, -0.2) is 42.0 Å². The van der Waals surface area contributed by atoms with Gasteiger partial charge in [0.15, 0.2) is 0 Å². The van der Waals surface area contributed by atoms with Gasteiger partial charge in [-0.1, -0.05) is 0 Å². The second-order valence-electron chi connectivity index (χ2n) is 7.16. The zero-order chi connectivity index (χ0) is 18.8. The number of hydrogen-bond acceptors (Lipinski definition) is 5. The van der Waals surface area contributed by atoms with E-state index in [1.54, 1.807) is 26.8 Å². The molecule has 0 radical (unpaired) electrons. The minimum absolute atomic E-state index is 0.204. The minimum Gasteiger partial charge on any atom is -0.444 e. The summed E-state index contributed by atoms with van der Waals surface area (Å²) in [6.07, 6.45) is -2.44. The van der Waals surface area contributed by atoms with Crippen molar-refractivity contribution in [1.29, 1.82) is 0 Å². The van der Waals surface area contributed by atoms with Crippen LogP contribution >= 0.6 is 0 Å². The van der Waals surface area contributed by atoms with E-state index in [1.165, 1.54) is 17.3 Å². The average molecular weight is 360 g/mol. The Hall–Kier alpha value is -2.19. The first-order chi connectivity index (χ1) is 11.5. The number of aromatic nitrogens is 1. The topological polar surface area (TPSA) is 80.5 Å². The van der Waals surface area contributed by atoms with Gasteiger partial charge in [-0.3, -0.25) is 4.98 Å². The Morgan fingerprint density at radius 3 is 2.60 bits per heavy atom. The zero-order valence-electron chi connectivity index (χ0n) is 14.4. The number of rotatable bonds is 2. The van der Waals surface area contributed by atoms with Gasteiger partial charge in [0, 0.05) is 19.3 Å². The van der Waals surface area contributed by atoms with E-state index in [2.05, 4.69) is 10.3 Å². The number of pyridine rings is 1. The van der Waals surface area contributed by atoms with Gasteiger partial charge in [-0.15, -0.1) is 0 Å². The Kier molecular flexibility index (Phi) is 5.34. The van der Waals surface area contributed by atoms with E-state index in [4.69, 9.17) is 10.5 Å². The van der Waals surface area contributed by atoms with E-state index >= 15 is 0 Å². The SMILES string of the molecule is CC(C)(C)OC(=O)N[C@@H]1C[C@H](C(F)(F)F)CN(c2ccncc2N)C1. The molecule has 25 heavy (non-hydrogen) atoms. The minimum atomic E-state index is -4.37. The van der Waals surface area contributed by atoms with Crippen molar-refractivity contribution < 1.29 is 22.7 Å². The van der Waals surface area contributed by atoms with Crippen LogP contribution in [0.3, 0.4) is 0 Å². The molecule has 1 fully saturated rings. The summed E-state index contributed by atoms with van der Waals surface area (Å²) in [5.41, 5.74) is 5.88. The smallest absolute Gasteiger partial charge is 0.407 e. The van der Waals surface area contributed by atoms with Crippen LogP contribution in [-0.2, 0) is 4.74 Å². The molecule has 9 heteroatoms. The van der Waals surface area contributed by atoms with Crippen LogP contribution in [0.4, 0.5) is 29.3 Å². The number of carbonyl (C=O) groups is 1. The second kappa shape index (κ2) is 6.97. The van der Waals surface area contributed by atoms with Crippen LogP contribution in [0.15, 0.2) is 18.5 Å². The number of alkyl halides is 3. The van der Waals surface area contributed by atoms with E-state index in [0.29, 0.717) is 11.4 Å². The van der Waals surface area contributed by atoms with Gasteiger partial charge in [0.05, 0.1) is 29.5 Å². The number of piperidine rings is 1. The summed E-state index contributed by atoms with van der Waals surface area (Å²) in [5, 5.41) is 2.54. The summed E-state index contributed by atoms with van der Waals surface area (Å²) in [6, 6.07) is 0.862. The van der Waals surface area contributed by atoms with Gasteiger partial charge in [0.1, 0.15) is 5.60 Å². The number of nitrogens with one attached hydrogen (secondary N) is 1. The number of ether oxygens (including phenoxy) is 1. The van der Waals surface area contributed by atoms with Gasteiger partial charge < -0.3 is 20.7 Å². The van der Waals surface area contributed by atoms with E-state index in [0.717, 1.165) is 0 Å². The van der Waals surface area contributed by atoms with Crippen molar-refractivity contribution in [3.05, 3.63) is 18.5 Å². The third-order valence-electron chi connectivity index (χ3n) is 3.80. The fourth-order valence-corrected chi connectivity index (χ4v) is 2.80. The zero-order valence-corrected chi connectivity index (χ0v) is 14.4. The summed E-state index contributed by atoms with van der Waals surface area (Å²) < 4.78 is 45.0. The fourth-order valence-electron chi connectivity index (χ4n) is 2.80. The number of amides is 1. The lowest BCUT2D eigenvalue weighted by molar-refractivity contribution is -0.177. The molecular weight excluding hydrogens is 337 g/mol. The molecule has 6 nitrogen and oxygen atoms in total. The number of halogens is 3. The van der Waals surface area contributed by atoms with Crippen LogP contribution in [0.1, 0.15) is 27.2 Å². The largest absolute Gasteiger partial charge is 0.444 e. The Morgan fingerprint density at radius 1 is 1.36 bits per heavy atom. The Labute approximate surface area is 144 Å². The van der Waals surface area contributed by atoms with Crippen molar-refractivity contribution in [1.82, 2.24) is 10.3 Å². The van der Waals surface area contributed by atoms with Gasteiger partial charge >= 0.3 is 12.3 Å². The number of carbonyl (C=O) groups excluding carboxylic acids is 1. The summed E-state index contributed by atoms with van der Waals surface area (Å²) >= 11 is 0. The summed E-state index contributed by atoms with van der Waals surface area (Å²) in [4.78, 5) is 17.3. The monoisotopic (exact) mass is 360 g/mol. The molecule has 2 atom stereocenters. The molecule has 0 spiro atoms. The van der Waals surface area contributed by atoms with Crippen molar-refractivity contribution in [3.8, 4) is 0 Å². The van der Waals surface area contributed by atoms with Crippen molar-refractivity contribution in [2.45, 2.75) is 45.0 Å². The maximum atomic E-state index is 13.3. The lowest BCUT2D eigenvalue weighted by Crippen LogP contribution is -2.54. The van der Waals surface area contributed by atoms with Gasteiger partial charge in [-0.2, -0.15) is 13.2 Å². The molecule has 1 amide bonds. The van der Waals surface area contributed by atoms with Crippen molar-refractivity contribution in [3.63, 3.8) is 0 Å². The number of nitrogens with zero attached hydrogens (tertiary/aromatic N) is 2. The highest BCUT2D eigenvalue weighted by atomic mass is 19.4. The lowest BCUT2D eigenvalue weighted by Gasteiger charge is -2.40. The van der Waals surface area contributed by atoms with Crippen molar-refractivity contribution in [2.75, 3.05) is 23.7 Å². The van der Waals surface area contributed by atoms with E-state index < -0.39 is 29.8 Å². The third-order valence-corrected chi connectivity index (χ3v) is 3.80. The molecule has 2 heterocycles. The fraction of sp³-hybridized carbons (Fsp3) is 0.625. The molecule has 1 aromatic heterocycles. The van der Waals surface area contributed by atoms with Gasteiger partial charge in [0.2, 0.25) is 0 Å². The van der Waals surface area contributed by atoms with E-state index in [1.807, 2.05) is 0 Å². The summed E-state index contributed by atoms with van der Waals surface area (Å²) in [7, 11) is 0. The van der Waals surface area contributed by atoms with Crippen LogP contribution in [0, 0.1) is 5.92 Å². The number of nitrogens with two attached hydrogens (primary N) is 1. The molecule has 1 aromatic rings. The van der Waals surface area contributed by atoms with Crippen LogP contribution in [0.2, 0.25) is 0 Å². The van der Waals surface area contributed by atoms with Gasteiger partial charge in [-0.05, 0) is 33.3 Å². The maximum Gasteiger partial charge on any atom is 0.407 e. The number of alkyl carbamates (subject to hydrolysis) is 1. The molecule has 0 aliphatic carbocycles. The summed E-state index contributed by atoms with van der Waals surface area (Å²) in [5.74, 6) is -1.58. The van der Waals surface area contributed by atoms with Crippen molar-refractivity contribution >= 4 is 17.5 Å². The number of nitrogen functional groups attached to an aromatic ring is 1. The predicted molar refractivity (Wildman–Crippen MR) is 88.2 cm³/mol. The average Bonchev–Trinajstić information content (AvgIpc) is 2.44. The normalized spacial score (nSPS) is 21.8. The molecule has 140 valence electrons. The van der Waals surface area contributed by atoms with Gasteiger partial charge in [0.25, 0.3) is 0 Å². The van der Waals surface area contributed by atoms with Crippen molar-refractivity contribution in [2.24, 2.45) is 5.92 Å².